The number of ether oxygens (including phenoxy) is 1. The summed E-state index contributed by atoms with van der Waals surface area (Å²) in [5, 5.41) is 7.64. The molecule has 0 aromatic carbocycles. The highest BCUT2D eigenvalue weighted by molar-refractivity contribution is 4.68. The molecule has 1 unspecified atom stereocenters. The smallest absolute Gasteiger partial charge is 0.0515 e. The van der Waals surface area contributed by atoms with Gasteiger partial charge in [-0.2, -0.15) is 0 Å². The van der Waals surface area contributed by atoms with Gasteiger partial charge in [0.25, 0.3) is 0 Å². The summed E-state index contributed by atoms with van der Waals surface area (Å²) >= 11 is 0. The van der Waals surface area contributed by atoms with Gasteiger partial charge in [0, 0.05) is 39.2 Å². The van der Waals surface area contributed by atoms with E-state index >= 15 is 0 Å². The lowest BCUT2D eigenvalue weighted by molar-refractivity contribution is 0.153. The van der Waals surface area contributed by atoms with E-state index in [1.807, 2.05) is 0 Å². The first-order chi connectivity index (χ1) is 4.93. The molecule has 1 radical (unpaired) electrons. The van der Waals surface area contributed by atoms with Crippen LogP contribution in [0.3, 0.4) is 0 Å². The van der Waals surface area contributed by atoms with Crippen LogP contribution >= 0.6 is 0 Å². The van der Waals surface area contributed by atoms with E-state index in [4.69, 9.17) is 4.74 Å². The Labute approximate surface area is 62.1 Å². The molecule has 1 rings (SSSR count). The van der Waals surface area contributed by atoms with Crippen LogP contribution in [0.1, 0.15) is 0 Å². The zero-order chi connectivity index (χ0) is 7.23. The SMILES string of the molecule is COCC1C[N]CCNC1. The summed E-state index contributed by atoms with van der Waals surface area (Å²) in [5.74, 6) is 0.590. The highest BCUT2D eigenvalue weighted by Crippen LogP contribution is 1.95. The molecule has 0 amide bonds. The van der Waals surface area contributed by atoms with E-state index in [0.717, 1.165) is 32.8 Å². The number of nitrogens with zero attached hydrogens (tertiary/aromatic N) is 1. The zero-order valence-electron chi connectivity index (χ0n) is 6.47. The Balaban J connectivity index is 2.15. The molecule has 1 heterocycles. The molecule has 0 spiro atoms. The molecule has 10 heavy (non-hydrogen) atoms. The van der Waals surface area contributed by atoms with Gasteiger partial charge < -0.3 is 10.1 Å². The van der Waals surface area contributed by atoms with Gasteiger partial charge in [0.15, 0.2) is 0 Å². The molecule has 1 aliphatic heterocycles. The molecule has 0 bridgehead atoms. The predicted molar refractivity (Wildman–Crippen MR) is 40.1 cm³/mol. The Hall–Kier alpha value is -0.120. The number of methoxy groups -OCH3 is 1. The molecule has 3 nitrogen and oxygen atoms in total. The Morgan fingerprint density at radius 3 is 3.40 bits per heavy atom. The molecular formula is C7H15N2O. The second-order valence-corrected chi connectivity index (χ2v) is 2.66. The van der Waals surface area contributed by atoms with E-state index in [2.05, 4.69) is 10.6 Å². The Kier molecular flexibility index (Phi) is 3.72. The van der Waals surface area contributed by atoms with Crippen LogP contribution in [0.5, 0.6) is 0 Å². The maximum Gasteiger partial charge on any atom is 0.0515 e. The normalized spacial score (nSPS) is 22.5. The van der Waals surface area contributed by atoms with Crippen LogP contribution in [0.4, 0.5) is 0 Å². The van der Waals surface area contributed by atoms with E-state index in [-0.39, 0.29) is 0 Å². The highest BCUT2D eigenvalue weighted by Gasteiger charge is 2.10. The summed E-state index contributed by atoms with van der Waals surface area (Å²) < 4.78 is 5.04. The van der Waals surface area contributed by atoms with Crippen LogP contribution in [0, 0.1) is 5.92 Å². The van der Waals surface area contributed by atoms with Gasteiger partial charge in [-0.15, -0.1) is 0 Å². The van der Waals surface area contributed by atoms with Crippen LogP contribution in [0.25, 0.3) is 0 Å². The van der Waals surface area contributed by atoms with Crippen LogP contribution in [0.15, 0.2) is 0 Å². The Morgan fingerprint density at radius 1 is 1.70 bits per heavy atom. The molecule has 1 atom stereocenters. The van der Waals surface area contributed by atoms with E-state index < -0.39 is 0 Å². The van der Waals surface area contributed by atoms with Gasteiger partial charge in [-0.25, -0.2) is 5.32 Å². The van der Waals surface area contributed by atoms with Crippen LogP contribution in [0.2, 0.25) is 0 Å². The van der Waals surface area contributed by atoms with E-state index in [1.54, 1.807) is 7.11 Å². The van der Waals surface area contributed by atoms with Crippen molar-refractivity contribution in [2.75, 3.05) is 39.9 Å². The molecule has 0 saturated carbocycles. The number of hydrogen-bond acceptors (Lipinski definition) is 2. The van der Waals surface area contributed by atoms with Crippen molar-refractivity contribution in [1.82, 2.24) is 10.6 Å². The first kappa shape index (κ1) is 7.98. The minimum atomic E-state index is 0.590. The summed E-state index contributed by atoms with van der Waals surface area (Å²) in [6.07, 6.45) is 0. The quantitative estimate of drug-likeness (QED) is 0.563. The fourth-order valence-electron chi connectivity index (χ4n) is 1.15. The molecule has 1 aliphatic rings. The molecule has 3 heteroatoms. The number of hydrogen-bond donors (Lipinski definition) is 1. The molecular weight excluding hydrogens is 128 g/mol. The average Bonchev–Trinajstić information content (AvgIpc) is 2.17. The average molecular weight is 143 g/mol. The van der Waals surface area contributed by atoms with E-state index in [1.165, 1.54) is 0 Å². The lowest BCUT2D eigenvalue weighted by Gasteiger charge is -2.10. The lowest BCUT2D eigenvalue weighted by atomic mass is 10.1. The summed E-state index contributed by atoms with van der Waals surface area (Å²) in [5.41, 5.74) is 0. The van der Waals surface area contributed by atoms with Gasteiger partial charge in [-0.1, -0.05) is 0 Å². The summed E-state index contributed by atoms with van der Waals surface area (Å²) in [7, 11) is 1.74. The van der Waals surface area contributed by atoms with Crippen molar-refractivity contribution in [2.24, 2.45) is 5.92 Å². The van der Waals surface area contributed by atoms with E-state index in [0.29, 0.717) is 5.92 Å². The van der Waals surface area contributed by atoms with Gasteiger partial charge in [0.05, 0.1) is 6.61 Å². The third kappa shape index (κ3) is 2.64. The predicted octanol–water partition coefficient (Wildman–Crippen LogP) is -0.543. The molecule has 0 aromatic rings. The van der Waals surface area contributed by atoms with Crippen molar-refractivity contribution >= 4 is 0 Å². The standard InChI is InChI=1S/C7H15N2O/c1-10-6-7-4-8-2-3-9-5-7/h7-8H,2-6H2,1H3. The second-order valence-electron chi connectivity index (χ2n) is 2.66. The minimum Gasteiger partial charge on any atom is -0.384 e. The third-order valence-corrected chi connectivity index (χ3v) is 1.67. The first-order valence-electron chi connectivity index (χ1n) is 3.76. The van der Waals surface area contributed by atoms with Crippen molar-refractivity contribution in [1.29, 1.82) is 0 Å². The molecule has 1 fully saturated rings. The Morgan fingerprint density at radius 2 is 2.60 bits per heavy atom. The molecule has 0 aliphatic carbocycles. The zero-order valence-corrected chi connectivity index (χ0v) is 6.47. The number of nitrogens with one attached hydrogen (secondary N) is 1. The topological polar surface area (TPSA) is 35.4 Å². The fraction of sp³-hybridized carbons (Fsp3) is 1.00. The summed E-state index contributed by atoms with van der Waals surface area (Å²) in [4.78, 5) is 0. The molecule has 1 saturated heterocycles. The van der Waals surface area contributed by atoms with Crippen LogP contribution in [-0.4, -0.2) is 39.9 Å². The highest BCUT2D eigenvalue weighted by atomic mass is 16.5. The minimum absolute atomic E-state index is 0.590. The molecule has 0 aromatic heterocycles. The van der Waals surface area contributed by atoms with Gasteiger partial charge in [0.2, 0.25) is 0 Å². The van der Waals surface area contributed by atoms with Crippen molar-refractivity contribution in [3.63, 3.8) is 0 Å². The lowest BCUT2D eigenvalue weighted by Crippen LogP contribution is -2.26. The van der Waals surface area contributed by atoms with Crippen LogP contribution < -0.4 is 10.6 Å². The van der Waals surface area contributed by atoms with Crippen LogP contribution in [-0.2, 0) is 4.74 Å². The van der Waals surface area contributed by atoms with Gasteiger partial charge >= 0.3 is 0 Å². The fourth-order valence-corrected chi connectivity index (χ4v) is 1.15. The maximum atomic E-state index is 5.04. The second kappa shape index (κ2) is 4.66. The summed E-state index contributed by atoms with van der Waals surface area (Å²) in [6, 6.07) is 0. The largest absolute Gasteiger partial charge is 0.384 e. The van der Waals surface area contributed by atoms with Crippen molar-refractivity contribution in [3.05, 3.63) is 0 Å². The van der Waals surface area contributed by atoms with Crippen molar-refractivity contribution in [3.8, 4) is 0 Å². The molecule has 59 valence electrons. The first-order valence-corrected chi connectivity index (χ1v) is 3.76. The van der Waals surface area contributed by atoms with Gasteiger partial charge in [-0.05, 0) is 0 Å². The summed E-state index contributed by atoms with van der Waals surface area (Å²) in [6.45, 7) is 4.83. The Bertz CT molecular complexity index is 79.7. The van der Waals surface area contributed by atoms with Gasteiger partial charge in [0.1, 0.15) is 0 Å². The van der Waals surface area contributed by atoms with E-state index in [9.17, 15) is 0 Å². The van der Waals surface area contributed by atoms with Crippen molar-refractivity contribution in [2.45, 2.75) is 0 Å². The monoisotopic (exact) mass is 143 g/mol. The number of rotatable bonds is 2. The molecule has 1 N–H and O–H groups in total. The van der Waals surface area contributed by atoms with Gasteiger partial charge in [-0.3, -0.25) is 0 Å². The van der Waals surface area contributed by atoms with Crippen molar-refractivity contribution < 1.29 is 4.74 Å². The third-order valence-electron chi connectivity index (χ3n) is 1.67. The maximum absolute atomic E-state index is 5.04.